The van der Waals surface area contributed by atoms with Crippen LogP contribution in [-0.2, 0) is 0 Å². The first-order valence-electron chi connectivity index (χ1n) is 9.48. The molecule has 0 unspecified atom stereocenters. The van der Waals surface area contributed by atoms with Gasteiger partial charge >= 0.3 is 0 Å². The van der Waals surface area contributed by atoms with Crippen molar-refractivity contribution in [1.29, 1.82) is 0 Å². The molecule has 0 saturated carbocycles. The molecule has 0 aliphatic carbocycles. The number of halogens is 2. The molecule has 2 amide bonds. The summed E-state index contributed by atoms with van der Waals surface area (Å²) in [5.41, 5.74) is 2.07. The molecule has 2 aromatic carbocycles. The highest BCUT2D eigenvalue weighted by molar-refractivity contribution is 6.34. The fourth-order valence-corrected chi connectivity index (χ4v) is 3.60. The summed E-state index contributed by atoms with van der Waals surface area (Å²) in [5, 5.41) is 7.52. The number of carbonyl (C=O) groups excluding carboxylic acids is 2. The van der Waals surface area contributed by atoms with Crippen LogP contribution in [0.1, 0.15) is 40.3 Å². The van der Waals surface area contributed by atoms with Crippen LogP contribution in [0.2, 0.25) is 10.0 Å². The fourth-order valence-electron chi connectivity index (χ4n) is 3.12. The van der Waals surface area contributed by atoms with Crippen molar-refractivity contribution in [3.8, 4) is 11.3 Å². The van der Waals surface area contributed by atoms with Crippen LogP contribution in [-0.4, -0.2) is 35.0 Å². The zero-order chi connectivity index (χ0) is 21.8. The zero-order valence-electron chi connectivity index (χ0n) is 16.8. The van der Waals surface area contributed by atoms with E-state index >= 15 is 0 Å². The van der Waals surface area contributed by atoms with Gasteiger partial charge in [0, 0.05) is 24.3 Å². The molecule has 0 fully saturated rings. The van der Waals surface area contributed by atoms with Crippen LogP contribution in [0.3, 0.4) is 0 Å². The molecule has 156 valence electrons. The minimum absolute atomic E-state index is 0.154. The second kappa shape index (κ2) is 9.32. The number of aryl methyl sites for hydroxylation is 1. The number of hydrogen-bond acceptors (Lipinski definition) is 4. The van der Waals surface area contributed by atoms with Crippen molar-refractivity contribution in [3.63, 3.8) is 0 Å². The number of anilines is 1. The van der Waals surface area contributed by atoms with E-state index in [0.29, 0.717) is 46.4 Å². The molecule has 0 aliphatic heterocycles. The summed E-state index contributed by atoms with van der Waals surface area (Å²) >= 11 is 12.6. The molecule has 0 radical (unpaired) electrons. The van der Waals surface area contributed by atoms with E-state index in [2.05, 4.69) is 10.5 Å². The Kier molecular flexibility index (Phi) is 6.80. The molecule has 6 nitrogen and oxygen atoms in total. The first kappa shape index (κ1) is 21.9. The normalized spacial score (nSPS) is 10.7. The van der Waals surface area contributed by atoms with E-state index in [1.54, 1.807) is 54.3 Å². The molecule has 0 spiro atoms. The van der Waals surface area contributed by atoms with Crippen LogP contribution in [0, 0.1) is 6.92 Å². The highest BCUT2D eigenvalue weighted by atomic mass is 35.5. The Hall–Kier alpha value is -2.83. The second-order valence-corrected chi connectivity index (χ2v) is 7.38. The largest absolute Gasteiger partial charge is 0.360 e. The Morgan fingerprint density at radius 1 is 1.07 bits per heavy atom. The first-order chi connectivity index (χ1) is 14.4. The van der Waals surface area contributed by atoms with Crippen molar-refractivity contribution >= 4 is 40.7 Å². The number of amides is 2. The van der Waals surface area contributed by atoms with Crippen LogP contribution in [0.25, 0.3) is 11.3 Å². The number of rotatable bonds is 6. The molecule has 30 heavy (non-hydrogen) atoms. The standard InChI is InChI=1S/C22H21Cl2N3O3/c1-4-27(5-2)22(29)16-11-10-14(12-18(16)24)25-21(28)19-13(3)30-26-20(19)15-8-6-7-9-17(15)23/h6-12H,4-5H2,1-3H3,(H,25,28). The number of carbonyl (C=O) groups is 2. The van der Waals surface area contributed by atoms with Crippen LogP contribution < -0.4 is 5.32 Å². The van der Waals surface area contributed by atoms with Crippen LogP contribution in [0.15, 0.2) is 47.0 Å². The monoisotopic (exact) mass is 445 g/mol. The number of aromatic nitrogens is 1. The lowest BCUT2D eigenvalue weighted by molar-refractivity contribution is 0.0773. The average Bonchev–Trinajstić information content (AvgIpc) is 3.10. The molecule has 1 heterocycles. The Morgan fingerprint density at radius 3 is 2.40 bits per heavy atom. The van der Waals surface area contributed by atoms with Gasteiger partial charge in [0.15, 0.2) is 0 Å². The van der Waals surface area contributed by atoms with Gasteiger partial charge < -0.3 is 14.7 Å². The van der Waals surface area contributed by atoms with E-state index in [1.165, 1.54) is 0 Å². The van der Waals surface area contributed by atoms with E-state index in [4.69, 9.17) is 27.7 Å². The summed E-state index contributed by atoms with van der Waals surface area (Å²) in [7, 11) is 0. The number of nitrogens with zero attached hydrogens (tertiary/aromatic N) is 2. The van der Waals surface area contributed by atoms with Gasteiger partial charge in [-0.2, -0.15) is 0 Å². The summed E-state index contributed by atoms with van der Waals surface area (Å²) in [4.78, 5) is 27.2. The van der Waals surface area contributed by atoms with Crippen LogP contribution >= 0.6 is 23.2 Å². The molecule has 0 atom stereocenters. The fraction of sp³-hybridized carbons (Fsp3) is 0.227. The van der Waals surface area contributed by atoms with Gasteiger partial charge in [0.25, 0.3) is 11.8 Å². The third-order valence-corrected chi connectivity index (χ3v) is 5.37. The summed E-state index contributed by atoms with van der Waals surface area (Å²) in [6.07, 6.45) is 0. The molecule has 0 bridgehead atoms. The van der Waals surface area contributed by atoms with Gasteiger partial charge in [-0.3, -0.25) is 9.59 Å². The van der Waals surface area contributed by atoms with Crippen molar-refractivity contribution in [1.82, 2.24) is 10.1 Å². The molecular formula is C22H21Cl2N3O3. The van der Waals surface area contributed by atoms with E-state index in [9.17, 15) is 9.59 Å². The third-order valence-electron chi connectivity index (χ3n) is 4.73. The van der Waals surface area contributed by atoms with E-state index in [0.717, 1.165) is 0 Å². The van der Waals surface area contributed by atoms with Gasteiger partial charge in [-0.05, 0) is 45.0 Å². The van der Waals surface area contributed by atoms with E-state index in [1.807, 2.05) is 13.8 Å². The third kappa shape index (κ3) is 4.35. The smallest absolute Gasteiger partial charge is 0.261 e. The van der Waals surface area contributed by atoms with Crippen molar-refractivity contribution in [2.45, 2.75) is 20.8 Å². The first-order valence-corrected chi connectivity index (χ1v) is 10.2. The van der Waals surface area contributed by atoms with Crippen LogP contribution in [0.5, 0.6) is 0 Å². The predicted molar refractivity (Wildman–Crippen MR) is 118 cm³/mol. The second-order valence-electron chi connectivity index (χ2n) is 6.57. The summed E-state index contributed by atoms with van der Waals surface area (Å²) in [5.74, 6) is -0.205. The number of nitrogens with one attached hydrogen (secondary N) is 1. The van der Waals surface area contributed by atoms with Gasteiger partial charge in [-0.15, -0.1) is 0 Å². The topological polar surface area (TPSA) is 75.4 Å². The van der Waals surface area contributed by atoms with Gasteiger partial charge in [-0.25, -0.2) is 0 Å². The lowest BCUT2D eigenvalue weighted by Crippen LogP contribution is -2.30. The maximum atomic E-state index is 13.0. The van der Waals surface area contributed by atoms with Crippen LogP contribution in [0.4, 0.5) is 5.69 Å². The predicted octanol–water partition coefficient (Wildman–Crippen LogP) is 5.69. The van der Waals surface area contributed by atoms with E-state index in [-0.39, 0.29) is 16.5 Å². The quantitative estimate of drug-likeness (QED) is 0.528. The Bertz CT molecular complexity index is 1090. The van der Waals surface area contributed by atoms with Crippen molar-refractivity contribution < 1.29 is 14.1 Å². The average molecular weight is 446 g/mol. The molecular weight excluding hydrogens is 425 g/mol. The summed E-state index contributed by atoms with van der Waals surface area (Å²) in [6.45, 7) is 6.63. The molecule has 0 aliphatic rings. The SMILES string of the molecule is CCN(CC)C(=O)c1ccc(NC(=O)c2c(-c3ccccc3Cl)noc2C)cc1Cl. The van der Waals surface area contributed by atoms with Crippen molar-refractivity contribution in [2.24, 2.45) is 0 Å². The lowest BCUT2D eigenvalue weighted by atomic mass is 10.1. The molecule has 1 N–H and O–H groups in total. The Labute approximate surface area is 184 Å². The maximum absolute atomic E-state index is 13.0. The lowest BCUT2D eigenvalue weighted by Gasteiger charge is -2.19. The van der Waals surface area contributed by atoms with Crippen molar-refractivity contribution in [3.05, 3.63) is 69.4 Å². The Morgan fingerprint density at radius 2 is 1.77 bits per heavy atom. The highest BCUT2D eigenvalue weighted by Crippen LogP contribution is 2.32. The minimum atomic E-state index is -0.414. The Balaban J connectivity index is 1.88. The van der Waals surface area contributed by atoms with Gasteiger partial charge in [0.2, 0.25) is 0 Å². The van der Waals surface area contributed by atoms with Gasteiger partial charge in [-0.1, -0.05) is 46.6 Å². The highest BCUT2D eigenvalue weighted by Gasteiger charge is 2.24. The molecule has 8 heteroatoms. The molecule has 1 aromatic heterocycles. The minimum Gasteiger partial charge on any atom is -0.360 e. The maximum Gasteiger partial charge on any atom is 0.261 e. The molecule has 3 aromatic rings. The van der Waals surface area contributed by atoms with Gasteiger partial charge in [0.1, 0.15) is 17.0 Å². The summed E-state index contributed by atoms with van der Waals surface area (Å²) in [6, 6.07) is 11.9. The summed E-state index contributed by atoms with van der Waals surface area (Å²) < 4.78 is 5.24. The molecule has 3 rings (SSSR count). The van der Waals surface area contributed by atoms with E-state index < -0.39 is 5.91 Å². The molecule has 0 saturated heterocycles. The number of benzene rings is 2. The van der Waals surface area contributed by atoms with Crippen molar-refractivity contribution in [2.75, 3.05) is 18.4 Å². The zero-order valence-corrected chi connectivity index (χ0v) is 18.3. The van der Waals surface area contributed by atoms with Gasteiger partial charge in [0.05, 0.1) is 15.6 Å². The number of hydrogen-bond donors (Lipinski definition) is 1.